The third-order valence-electron chi connectivity index (χ3n) is 4.86. The van der Waals surface area contributed by atoms with Crippen molar-refractivity contribution in [2.24, 2.45) is 0 Å². The lowest BCUT2D eigenvalue weighted by molar-refractivity contribution is -0.136. The van der Waals surface area contributed by atoms with Gasteiger partial charge in [-0.1, -0.05) is 31.2 Å². The van der Waals surface area contributed by atoms with Crippen LogP contribution in [0, 0.1) is 0 Å². The van der Waals surface area contributed by atoms with Gasteiger partial charge in [-0.2, -0.15) is 0 Å². The van der Waals surface area contributed by atoms with Gasteiger partial charge in [0.15, 0.2) is 11.5 Å². The highest BCUT2D eigenvalue weighted by Gasteiger charge is 2.39. The van der Waals surface area contributed by atoms with E-state index in [9.17, 15) is 9.59 Å². The number of carbonyl (C=O) groups excluding carboxylic acids is 2. The number of ether oxygens (including phenoxy) is 3. The second kappa shape index (κ2) is 9.71. The number of thioether (sulfide) groups is 1. The van der Waals surface area contributed by atoms with E-state index < -0.39 is 0 Å². The molecule has 0 bridgehead atoms. The van der Waals surface area contributed by atoms with Crippen LogP contribution in [0.15, 0.2) is 47.4 Å². The molecule has 2 aromatic carbocycles. The predicted octanol–water partition coefficient (Wildman–Crippen LogP) is 3.79. The first kappa shape index (κ1) is 21.8. The highest BCUT2D eigenvalue weighted by Crippen LogP contribution is 2.39. The smallest absolute Gasteiger partial charge is 0.267 e. The number of benzene rings is 2. The van der Waals surface area contributed by atoms with Crippen molar-refractivity contribution in [3.63, 3.8) is 0 Å². The van der Waals surface area contributed by atoms with Gasteiger partial charge in [0.1, 0.15) is 5.75 Å². The van der Waals surface area contributed by atoms with E-state index in [1.54, 1.807) is 27.4 Å². The van der Waals surface area contributed by atoms with Crippen molar-refractivity contribution in [3.8, 4) is 17.2 Å². The first-order valence-corrected chi connectivity index (χ1v) is 10.6. The first-order chi connectivity index (χ1) is 14.5. The van der Waals surface area contributed by atoms with Crippen molar-refractivity contribution in [1.29, 1.82) is 0 Å². The minimum atomic E-state index is -0.291. The maximum atomic E-state index is 13.2. The van der Waals surface area contributed by atoms with Gasteiger partial charge in [0.25, 0.3) is 11.8 Å². The Kier molecular flexibility index (Phi) is 7.05. The van der Waals surface area contributed by atoms with Crippen molar-refractivity contribution in [3.05, 3.63) is 58.5 Å². The summed E-state index contributed by atoms with van der Waals surface area (Å²) in [5, 5.41) is 0. The van der Waals surface area contributed by atoms with Crippen LogP contribution in [0.5, 0.6) is 17.2 Å². The van der Waals surface area contributed by atoms with Gasteiger partial charge in [-0.25, -0.2) is 0 Å². The summed E-state index contributed by atoms with van der Waals surface area (Å²) in [5.74, 6) is 1.97. The zero-order chi connectivity index (χ0) is 21.7. The Bertz CT molecular complexity index is 985. The standard InChI is InChI=1S/C23H25NO5S/c1-5-30-21-20(16-8-6-7-9-17(16)27-2)22(25)24(23(21)26)13-12-15-10-11-18(28-3)19(14-15)29-4/h6-11,14H,5,12-13H2,1-4H3. The molecular formula is C23H25NO5S. The minimum absolute atomic E-state index is 0.256. The fourth-order valence-electron chi connectivity index (χ4n) is 3.40. The molecule has 0 radical (unpaired) electrons. The van der Waals surface area contributed by atoms with Crippen LogP contribution in [0.25, 0.3) is 5.57 Å². The lowest BCUT2D eigenvalue weighted by atomic mass is 10.0. The van der Waals surface area contributed by atoms with Crippen LogP contribution in [0.4, 0.5) is 0 Å². The summed E-state index contributed by atoms with van der Waals surface area (Å²) in [7, 11) is 4.71. The van der Waals surface area contributed by atoms with Crippen LogP contribution in [-0.2, 0) is 16.0 Å². The zero-order valence-electron chi connectivity index (χ0n) is 17.6. The van der Waals surface area contributed by atoms with Gasteiger partial charge < -0.3 is 14.2 Å². The van der Waals surface area contributed by atoms with Crippen LogP contribution >= 0.6 is 11.8 Å². The van der Waals surface area contributed by atoms with Crippen LogP contribution in [-0.4, -0.2) is 50.3 Å². The van der Waals surface area contributed by atoms with E-state index in [2.05, 4.69) is 0 Å². The summed E-state index contributed by atoms with van der Waals surface area (Å²) < 4.78 is 16.0. The molecule has 2 amide bonds. The lowest BCUT2D eigenvalue weighted by Crippen LogP contribution is -2.33. The number of carbonyl (C=O) groups is 2. The number of para-hydroxylation sites is 1. The number of hydrogen-bond donors (Lipinski definition) is 0. The average Bonchev–Trinajstić information content (AvgIpc) is 3.01. The third-order valence-corrected chi connectivity index (χ3v) is 5.82. The third kappa shape index (κ3) is 4.16. The summed E-state index contributed by atoms with van der Waals surface area (Å²) >= 11 is 1.38. The van der Waals surface area contributed by atoms with E-state index in [-0.39, 0.29) is 18.4 Å². The number of hydrogen-bond acceptors (Lipinski definition) is 6. The van der Waals surface area contributed by atoms with Crippen molar-refractivity contribution in [2.75, 3.05) is 33.6 Å². The Morgan fingerprint density at radius 3 is 2.23 bits per heavy atom. The molecule has 0 saturated heterocycles. The molecule has 158 valence electrons. The molecule has 0 aromatic heterocycles. The summed E-state index contributed by atoms with van der Waals surface area (Å²) in [6.07, 6.45) is 0.515. The normalized spacial score (nSPS) is 13.8. The number of amides is 2. The lowest BCUT2D eigenvalue weighted by Gasteiger charge is -2.16. The molecule has 1 aliphatic heterocycles. The van der Waals surface area contributed by atoms with E-state index in [0.717, 1.165) is 5.56 Å². The van der Waals surface area contributed by atoms with Crippen LogP contribution in [0.1, 0.15) is 18.1 Å². The van der Waals surface area contributed by atoms with Gasteiger partial charge in [0.2, 0.25) is 0 Å². The van der Waals surface area contributed by atoms with E-state index in [4.69, 9.17) is 14.2 Å². The number of imide groups is 1. The number of methoxy groups -OCH3 is 3. The maximum absolute atomic E-state index is 13.2. The van der Waals surface area contributed by atoms with Crippen LogP contribution in [0.2, 0.25) is 0 Å². The molecule has 0 atom stereocenters. The first-order valence-electron chi connectivity index (χ1n) is 9.63. The van der Waals surface area contributed by atoms with Crippen molar-refractivity contribution in [1.82, 2.24) is 4.90 Å². The Labute approximate surface area is 180 Å². The molecule has 2 aromatic rings. The van der Waals surface area contributed by atoms with Gasteiger partial charge in [-0.05, 0) is 35.9 Å². The molecule has 0 saturated carbocycles. The summed E-state index contributed by atoms with van der Waals surface area (Å²) in [5.41, 5.74) is 2.00. The van der Waals surface area contributed by atoms with Gasteiger partial charge in [-0.3, -0.25) is 14.5 Å². The number of rotatable bonds is 9. The molecule has 0 N–H and O–H groups in total. The fraction of sp³-hybridized carbons (Fsp3) is 0.304. The van der Waals surface area contributed by atoms with E-state index in [1.807, 2.05) is 43.3 Å². The maximum Gasteiger partial charge on any atom is 0.267 e. The second-order valence-corrected chi connectivity index (χ2v) is 7.81. The highest BCUT2D eigenvalue weighted by atomic mass is 32.2. The molecule has 0 fully saturated rings. The van der Waals surface area contributed by atoms with Crippen LogP contribution in [0.3, 0.4) is 0 Å². The Morgan fingerprint density at radius 1 is 0.867 bits per heavy atom. The van der Waals surface area contributed by atoms with E-state index >= 15 is 0 Å². The summed E-state index contributed by atoms with van der Waals surface area (Å²) in [6, 6.07) is 12.9. The predicted molar refractivity (Wildman–Crippen MR) is 118 cm³/mol. The highest BCUT2D eigenvalue weighted by molar-refractivity contribution is 8.04. The molecule has 0 aliphatic carbocycles. The number of nitrogens with zero attached hydrogens (tertiary/aromatic N) is 1. The molecular weight excluding hydrogens is 402 g/mol. The summed E-state index contributed by atoms with van der Waals surface area (Å²) in [6.45, 7) is 2.24. The molecule has 6 nitrogen and oxygen atoms in total. The zero-order valence-corrected chi connectivity index (χ0v) is 18.4. The molecule has 30 heavy (non-hydrogen) atoms. The van der Waals surface area contributed by atoms with Crippen molar-refractivity contribution < 1.29 is 23.8 Å². The Morgan fingerprint density at radius 2 is 1.57 bits per heavy atom. The molecule has 3 rings (SSSR count). The van der Waals surface area contributed by atoms with Gasteiger partial charge in [0.05, 0.1) is 31.8 Å². The topological polar surface area (TPSA) is 65.1 Å². The second-order valence-electron chi connectivity index (χ2n) is 6.54. The molecule has 7 heteroatoms. The van der Waals surface area contributed by atoms with Gasteiger partial charge >= 0.3 is 0 Å². The average molecular weight is 428 g/mol. The van der Waals surface area contributed by atoms with Crippen LogP contribution < -0.4 is 14.2 Å². The Hall–Kier alpha value is -2.93. The SMILES string of the molecule is CCSC1=C(c2ccccc2OC)C(=O)N(CCc2ccc(OC)c(OC)c2)C1=O. The quantitative estimate of drug-likeness (QED) is 0.568. The molecule has 0 spiro atoms. The van der Waals surface area contributed by atoms with Crippen molar-refractivity contribution >= 4 is 29.1 Å². The van der Waals surface area contributed by atoms with Gasteiger partial charge in [0, 0.05) is 12.1 Å². The largest absolute Gasteiger partial charge is 0.496 e. The molecule has 1 aliphatic rings. The van der Waals surface area contributed by atoms with E-state index in [1.165, 1.54) is 16.7 Å². The van der Waals surface area contributed by atoms with Gasteiger partial charge in [-0.15, -0.1) is 11.8 Å². The fourth-order valence-corrected chi connectivity index (χ4v) is 4.26. The minimum Gasteiger partial charge on any atom is -0.496 e. The van der Waals surface area contributed by atoms with Crippen molar-refractivity contribution in [2.45, 2.75) is 13.3 Å². The Balaban J connectivity index is 1.87. The van der Waals surface area contributed by atoms with E-state index in [0.29, 0.717) is 45.5 Å². The molecule has 1 heterocycles. The molecule has 0 unspecified atom stereocenters. The monoisotopic (exact) mass is 427 g/mol. The summed E-state index contributed by atoms with van der Waals surface area (Å²) in [4.78, 5) is 28.1.